The van der Waals surface area contributed by atoms with Crippen LogP contribution < -0.4 is 18.6 Å². The van der Waals surface area contributed by atoms with Gasteiger partial charge in [0.1, 0.15) is 0 Å². The molecule has 4 heavy (non-hydrogen) atoms. The number of halogens is 1. The van der Waals surface area contributed by atoms with Gasteiger partial charge in [0.15, 0.2) is 0 Å². The molecular weight excluding hydrogens is 261 g/mol. The van der Waals surface area contributed by atoms with Crippen LogP contribution in [0.25, 0.3) is 0 Å². The van der Waals surface area contributed by atoms with Gasteiger partial charge in [-0.15, -0.1) is 0 Å². The molecule has 4 heteroatoms. The molecule has 0 atom stereocenters. The largest absolute Gasteiger partial charge is 2.00 e. The zero-order valence-electron chi connectivity index (χ0n) is 1.90. The van der Waals surface area contributed by atoms with Crippen LogP contribution in [0.3, 0.4) is 0 Å². The summed E-state index contributed by atoms with van der Waals surface area (Å²) in [7, 11) is 0. The Morgan fingerprint density at radius 1 is 1.00 bits per heavy atom. The Balaban J connectivity index is 0. The first kappa shape index (κ1) is 92.2. The molecule has 0 radical (unpaired) electrons. The molecule has 0 fully saturated rings. The Labute approximate surface area is 45.5 Å². The molecule has 0 amide bonds. The minimum Gasteiger partial charge on any atom is -1.00 e. The van der Waals surface area contributed by atoms with Crippen LogP contribution in [-0.4, -0.2) is 5.48 Å². The van der Waals surface area contributed by atoms with Crippen molar-refractivity contribution in [2.45, 2.75) is 0 Å². The predicted molar refractivity (Wildman–Crippen MR) is 8.64 cm³/mol. The van der Waals surface area contributed by atoms with E-state index in [1.807, 2.05) is 0 Å². The van der Waals surface area contributed by atoms with Crippen LogP contribution >= 0.6 is 0 Å². The van der Waals surface area contributed by atoms with Gasteiger partial charge in [0.05, 0.1) is 0 Å². The van der Waals surface area contributed by atoms with Crippen molar-refractivity contribution in [3.63, 3.8) is 0 Å². The Kier molecular flexibility index (Phi) is 936. The predicted octanol–water partition coefficient (Wildman–Crippen LogP) is -3.66. The molecule has 2 nitrogen and oxygen atoms in total. The van der Waals surface area contributed by atoms with Crippen LogP contribution in [0.2, 0.25) is 0 Å². The van der Waals surface area contributed by atoms with E-state index in [0.717, 1.165) is 0 Å². The fourth-order valence-corrected chi connectivity index (χ4v) is 0. The second kappa shape index (κ2) is 40.6. The first-order valence-electron chi connectivity index (χ1n) is 0. The van der Waals surface area contributed by atoms with Gasteiger partial charge in [-0.3, -0.25) is 0 Å². The third kappa shape index (κ3) is 12.9. The van der Waals surface area contributed by atoms with Gasteiger partial charge in [0.2, 0.25) is 0 Å². The summed E-state index contributed by atoms with van der Waals surface area (Å²) in [5.74, 6) is 0. The summed E-state index contributed by atoms with van der Waals surface area (Å²) in [6.45, 7) is 0. The van der Waals surface area contributed by atoms with Crippen molar-refractivity contribution in [2.24, 2.45) is 0 Å². The Morgan fingerprint density at radius 2 is 1.00 bits per heavy atom. The van der Waals surface area contributed by atoms with E-state index in [-0.39, 0.29) is 45.1 Å². The summed E-state index contributed by atoms with van der Waals surface area (Å²) in [5.41, 5.74) is 0. The van der Waals surface area contributed by atoms with E-state index in [9.17, 15) is 0 Å². The SMILES string of the molecule is N.O.[Cl-].[Pt+2]. The fourth-order valence-electron chi connectivity index (χ4n) is 0. The fraction of sp³-hybridized carbons (Fsp3) is 0. The molecule has 0 saturated carbocycles. The van der Waals surface area contributed by atoms with Crippen molar-refractivity contribution in [2.75, 3.05) is 0 Å². The van der Waals surface area contributed by atoms with E-state index in [0.29, 0.717) is 0 Å². The average molecular weight is 266 g/mol. The van der Waals surface area contributed by atoms with Crippen molar-refractivity contribution >= 4 is 0 Å². The van der Waals surface area contributed by atoms with Gasteiger partial charge in [-0.25, -0.2) is 0 Å². The molecule has 0 saturated heterocycles. The third-order valence-electron chi connectivity index (χ3n) is 0. The quantitative estimate of drug-likeness (QED) is 0.482. The monoisotopic (exact) mass is 265 g/mol. The minimum atomic E-state index is 0. The molecule has 32 valence electrons. The number of rotatable bonds is 0. The second-order valence-electron chi connectivity index (χ2n) is 0. The zero-order valence-corrected chi connectivity index (χ0v) is 4.93. The van der Waals surface area contributed by atoms with E-state index in [4.69, 9.17) is 0 Å². The second-order valence-corrected chi connectivity index (χ2v) is 0. The first-order chi connectivity index (χ1) is 0. The van der Waals surface area contributed by atoms with Crippen LogP contribution in [0.1, 0.15) is 0 Å². The van der Waals surface area contributed by atoms with Crippen molar-refractivity contribution < 1.29 is 38.9 Å². The number of hydrogen-bond acceptors (Lipinski definition) is 1. The zero-order chi connectivity index (χ0) is 0. The first-order valence-corrected chi connectivity index (χ1v) is 0. The van der Waals surface area contributed by atoms with E-state index >= 15 is 0 Å². The maximum atomic E-state index is 0. The summed E-state index contributed by atoms with van der Waals surface area (Å²) < 4.78 is 0. The molecule has 0 aromatic carbocycles. The average Bonchev–Trinajstić information content (AvgIpc) is 0. The van der Waals surface area contributed by atoms with Crippen molar-refractivity contribution in [1.82, 2.24) is 6.15 Å². The van der Waals surface area contributed by atoms with Gasteiger partial charge in [-0.1, -0.05) is 0 Å². The molecule has 0 aliphatic carbocycles. The molecule has 0 rings (SSSR count). The standard InChI is InChI=1S/ClH.H3N.H2O.Pt/h1H;1H3;1H2;/q;;;+2/p-1. The summed E-state index contributed by atoms with van der Waals surface area (Å²) in [5, 5.41) is 0. The Morgan fingerprint density at radius 3 is 1.00 bits per heavy atom. The maximum absolute atomic E-state index is 0. The maximum Gasteiger partial charge on any atom is 2.00 e. The summed E-state index contributed by atoms with van der Waals surface area (Å²) >= 11 is 0. The summed E-state index contributed by atoms with van der Waals surface area (Å²) in [6.07, 6.45) is 0. The molecule has 5 N–H and O–H groups in total. The third-order valence-corrected chi connectivity index (χ3v) is 0. The molecule has 0 aliphatic heterocycles. The number of hydrogen-bond donors (Lipinski definition) is 1. The van der Waals surface area contributed by atoms with Crippen LogP contribution in [0.15, 0.2) is 0 Å². The van der Waals surface area contributed by atoms with E-state index in [1.165, 1.54) is 0 Å². The van der Waals surface area contributed by atoms with E-state index in [2.05, 4.69) is 0 Å². The summed E-state index contributed by atoms with van der Waals surface area (Å²) in [4.78, 5) is 0. The van der Waals surface area contributed by atoms with Gasteiger partial charge in [-0.2, -0.15) is 0 Å². The normalized spacial score (nSPS) is 0. The van der Waals surface area contributed by atoms with Crippen LogP contribution in [0, 0.1) is 0 Å². The molecular formula is H5ClNOPt+. The van der Waals surface area contributed by atoms with Crippen molar-refractivity contribution in [3.8, 4) is 0 Å². The van der Waals surface area contributed by atoms with Gasteiger partial charge in [0, 0.05) is 0 Å². The Bertz CT molecular complexity index is 8.00. The van der Waals surface area contributed by atoms with Crippen LogP contribution in [0.4, 0.5) is 0 Å². The summed E-state index contributed by atoms with van der Waals surface area (Å²) in [6, 6.07) is 0. The van der Waals surface area contributed by atoms with Gasteiger partial charge in [0.25, 0.3) is 0 Å². The molecule has 0 aliphatic rings. The smallest absolute Gasteiger partial charge is 1.00 e. The van der Waals surface area contributed by atoms with Gasteiger partial charge < -0.3 is 24.0 Å². The van der Waals surface area contributed by atoms with Gasteiger partial charge in [-0.05, 0) is 0 Å². The Hall–Kier alpha value is 0.898. The van der Waals surface area contributed by atoms with Crippen molar-refractivity contribution in [3.05, 3.63) is 0 Å². The molecule has 0 unspecified atom stereocenters. The van der Waals surface area contributed by atoms with Crippen molar-refractivity contribution in [1.29, 1.82) is 0 Å². The topological polar surface area (TPSA) is 66.5 Å². The van der Waals surface area contributed by atoms with Crippen LogP contribution in [-0.2, 0) is 21.1 Å². The molecule has 0 spiro atoms. The van der Waals surface area contributed by atoms with Gasteiger partial charge >= 0.3 is 21.1 Å². The minimum absolute atomic E-state index is 0. The molecule has 0 aromatic rings. The van der Waals surface area contributed by atoms with E-state index in [1.54, 1.807) is 0 Å². The molecule has 0 aromatic heterocycles. The van der Waals surface area contributed by atoms with Crippen LogP contribution in [0.5, 0.6) is 0 Å². The van der Waals surface area contributed by atoms with E-state index < -0.39 is 0 Å². The molecule has 0 heterocycles. The molecule has 0 bridgehead atoms.